The number of rotatable bonds is 3. The summed E-state index contributed by atoms with van der Waals surface area (Å²) in [6.45, 7) is 5.14. The molecule has 7 nitrogen and oxygen atoms in total. The number of anilines is 1. The second kappa shape index (κ2) is 8.51. The van der Waals surface area contributed by atoms with E-state index in [0.29, 0.717) is 43.3 Å². The molecule has 0 bridgehead atoms. The van der Waals surface area contributed by atoms with Crippen LogP contribution in [0, 0.1) is 0 Å². The number of nitrogens with zero attached hydrogens (tertiary/aromatic N) is 4. The molecule has 1 saturated heterocycles. The van der Waals surface area contributed by atoms with Crippen molar-refractivity contribution in [1.29, 1.82) is 0 Å². The predicted octanol–water partition coefficient (Wildman–Crippen LogP) is 3.66. The molecule has 166 valence electrons. The van der Waals surface area contributed by atoms with Crippen LogP contribution in [0.2, 0.25) is 5.28 Å². The Balaban J connectivity index is 1.53. The number of benzene rings is 1. The Morgan fingerprint density at radius 2 is 1.94 bits per heavy atom. The minimum atomic E-state index is -4.42. The van der Waals surface area contributed by atoms with Gasteiger partial charge in [0.25, 0.3) is 0 Å². The van der Waals surface area contributed by atoms with Crippen LogP contribution < -0.4 is 10.6 Å². The number of halogens is 4. The first-order chi connectivity index (χ1) is 14.7. The minimum absolute atomic E-state index is 0.0222. The normalized spacial score (nSPS) is 17.5. The number of hydrogen-bond acceptors (Lipinski definition) is 5. The third-order valence-corrected chi connectivity index (χ3v) is 5.65. The lowest BCUT2D eigenvalue weighted by molar-refractivity contribution is -0.137. The number of urea groups is 1. The molecule has 3 heterocycles. The van der Waals surface area contributed by atoms with Crippen molar-refractivity contribution in [2.45, 2.75) is 32.2 Å². The van der Waals surface area contributed by atoms with Crippen LogP contribution in [-0.2, 0) is 19.3 Å². The smallest absolute Gasteiger partial charge is 0.363 e. The maximum atomic E-state index is 13.1. The van der Waals surface area contributed by atoms with Crippen molar-refractivity contribution in [3.63, 3.8) is 0 Å². The molecule has 2 aliphatic rings. The van der Waals surface area contributed by atoms with Crippen molar-refractivity contribution in [3.8, 4) is 0 Å². The van der Waals surface area contributed by atoms with Crippen molar-refractivity contribution in [2.75, 3.05) is 31.5 Å². The zero-order chi connectivity index (χ0) is 22.2. The van der Waals surface area contributed by atoms with Gasteiger partial charge in [0.2, 0.25) is 5.28 Å². The minimum Gasteiger partial charge on any atom is -0.363 e. The SMILES string of the molecule is C[C@@H](Nc1nc(Cl)nc2c1CN(C(=O)N1CCNCC1)C2)c1cccc(C(F)(F)F)c1. The lowest BCUT2D eigenvalue weighted by Crippen LogP contribution is -2.50. The first-order valence-electron chi connectivity index (χ1n) is 9.96. The number of aromatic nitrogens is 2. The number of fused-ring (bicyclic) bond motifs is 1. The first kappa shape index (κ1) is 21.6. The fourth-order valence-corrected chi connectivity index (χ4v) is 3.99. The Hall–Kier alpha value is -2.59. The highest BCUT2D eigenvalue weighted by molar-refractivity contribution is 6.28. The van der Waals surface area contributed by atoms with Crippen molar-refractivity contribution in [3.05, 3.63) is 51.9 Å². The average molecular weight is 455 g/mol. The van der Waals surface area contributed by atoms with E-state index < -0.39 is 17.8 Å². The van der Waals surface area contributed by atoms with Gasteiger partial charge in [-0.1, -0.05) is 12.1 Å². The zero-order valence-electron chi connectivity index (χ0n) is 16.8. The summed E-state index contributed by atoms with van der Waals surface area (Å²) in [5.74, 6) is 0.426. The van der Waals surface area contributed by atoms with E-state index in [-0.39, 0.29) is 11.3 Å². The third-order valence-electron chi connectivity index (χ3n) is 5.48. The number of hydrogen-bond donors (Lipinski definition) is 2. The van der Waals surface area contributed by atoms with Gasteiger partial charge in [0.05, 0.1) is 24.3 Å². The van der Waals surface area contributed by atoms with Crippen LogP contribution in [0.25, 0.3) is 0 Å². The molecule has 1 aromatic heterocycles. The van der Waals surface area contributed by atoms with Crippen LogP contribution in [0.4, 0.5) is 23.8 Å². The third kappa shape index (κ3) is 4.69. The summed E-state index contributed by atoms with van der Waals surface area (Å²) in [5.41, 5.74) is 1.12. The molecule has 0 spiro atoms. The van der Waals surface area contributed by atoms with Crippen LogP contribution in [0.5, 0.6) is 0 Å². The molecule has 2 amide bonds. The highest BCUT2D eigenvalue weighted by Gasteiger charge is 2.33. The fraction of sp³-hybridized carbons (Fsp3) is 0.450. The summed E-state index contributed by atoms with van der Waals surface area (Å²) < 4.78 is 39.2. The number of nitrogens with one attached hydrogen (secondary N) is 2. The van der Waals surface area contributed by atoms with E-state index in [1.54, 1.807) is 22.8 Å². The molecule has 0 unspecified atom stereocenters. The van der Waals surface area contributed by atoms with Gasteiger partial charge in [-0.05, 0) is 36.2 Å². The Kier molecular flexibility index (Phi) is 5.94. The number of alkyl halides is 3. The molecular formula is C20H22ClF3N6O. The highest BCUT2D eigenvalue weighted by Crippen LogP contribution is 2.33. The van der Waals surface area contributed by atoms with Crippen molar-refractivity contribution in [1.82, 2.24) is 25.1 Å². The summed E-state index contributed by atoms with van der Waals surface area (Å²) in [6, 6.07) is 4.61. The van der Waals surface area contributed by atoms with E-state index in [9.17, 15) is 18.0 Å². The van der Waals surface area contributed by atoms with Crippen LogP contribution in [0.3, 0.4) is 0 Å². The summed E-state index contributed by atoms with van der Waals surface area (Å²) in [5, 5.41) is 6.39. The fourth-order valence-electron chi connectivity index (χ4n) is 3.81. The van der Waals surface area contributed by atoms with Gasteiger partial charge in [0.1, 0.15) is 5.82 Å². The van der Waals surface area contributed by atoms with E-state index in [1.165, 1.54) is 6.07 Å². The second-order valence-corrected chi connectivity index (χ2v) is 7.97. The predicted molar refractivity (Wildman–Crippen MR) is 110 cm³/mol. The molecule has 0 saturated carbocycles. The molecule has 11 heteroatoms. The van der Waals surface area contributed by atoms with E-state index >= 15 is 0 Å². The highest BCUT2D eigenvalue weighted by atomic mass is 35.5. The monoisotopic (exact) mass is 454 g/mol. The average Bonchev–Trinajstić information content (AvgIpc) is 3.17. The molecule has 4 rings (SSSR count). The van der Waals surface area contributed by atoms with Gasteiger partial charge >= 0.3 is 12.2 Å². The van der Waals surface area contributed by atoms with E-state index in [0.717, 1.165) is 30.8 Å². The van der Waals surface area contributed by atoms with E-state index in [4.69, 9.17) is 11.6 Å². The molecule has 31 heavy (non-hydrogen) atoms. The summed E-state index contributed by atoms with van der Waals surface area (Å²) in [4.78, 5) is 24.8. The van der Waals surface area contributed by atoms with Crippen LogP contribution in [0.1, 0.15) is 35.3 Å². The van der Waals surface area contributed by atoms with E-state index in [2.05, 4.69) is 20.6 Å². The molecule has 1 aromatic carbocycles. The lowest BCUT2D eigenvalue weighted by atomic mass is 10.0. The number of amides is 2. The van der Waals surface area contributed by atoms with Crippen LogP contribution >= 0.6 is 11.6 Å². The largest absolute Gasteiger partial charge is 0.416 e. The number of carbonyl (C=O) groups is 1. The Morgan fingerprint density at radius 1 is 1.19 bits per heavy atom. The van der Waals surface area contributed by atoms with Crippen molar-refractivity contribution >= 4 is 23.4 Å². The van der Waals surface area contributed by atoms with Crippen LogP contribution in [-0.4, -0.2) is 52.0 Å². The molecular weight excluding hydrogens is 433 g/mol. The van der Waals surface area contributed by atoms with Gasteiger partial charge in [-0.3, -0.25) is 0 Å². The standard InChI is InChI=1S/C20H22ClF3N6O/c1-12(13-3-2-4-14(9-13)20(22,23)24)26-17-15-10-30(11-16(15)27-18(21)28-17)19(31)29-7-5-25-6-8-29/h2-4,9,12,25H,5-8,10-11H2,1H3,(H,26,27,28)/t12-/m1/s1. The maximum absolute atomic E-state index is 13.1. The van der Waals surface area contributed by atoms with Crippen molar-refractivity contribution < 1.29 is 18.0 Å². The Morgan fingerprint density at radius 3 is 2.65 bits per heavy atom. The molecule has 0 radical (unpaired) electrons. The van der Waals surface area contributed by atoms with Gasteiger partial charge in [-0.25, -0.2) is 14.8 Å². The summed E-state index contributed by atoms with van der Waals surface area (Å²) in [6.07, 6.45) is -4.42. The van der Waals surface area contributed by atoms with Crippen molar-refractivity contribution in [2.24, 2.45) is 0 Å². The van der Waals surface area contributed by atoms with Crippen LogP contribution in [0.15, 0.2) is 24.3 Å². The Bertz CT molecular complexity index is 980. The first-order valence-corrected chi connectivity index (χ1v) is 10.3. The van der Waals surface area contributed by atoms with Gasteiger partial charge in [0.15, 0.2) is 0 Å². The Labute approximate surface area is 182 Å². The summed E-state index contributed by atoms with van der Waals surface area (Å²) in [7, 11) is 0. The quantitative estimate of drug-likeness (QED) is 0.692. The zero-order valence-corrected chi connectivity index (χ0v) is 17.6. The van der Waals surface area contributed by atoms with Gasteiger partial charge in [-0.15, -0.1) is 0 Å². The molecule has 0 aliphatic carbocycles. The summed E-state index contributed by atoms with van der Waals surface area (Å²) >= 11 is 6.09. The number of piperazine rings is 1. The topological polar surface area (TPSA) is 73.4 Å². The molecule has 1 atom stereocenters. The lowest BCUT2D eigenvalue weighted by Gasteiger charge is -2.31. The molecule has 2 aromatic rings. The molecule has 2 N–H and O–H groups in total. The van der Waals surface area contributed by atoms with E-state index in [1.807, 2.05) is 0 Å². The number of carbonyl (C=O) groups excluding carboxylic acids is 1. The van der Waals surface area contributed by atoms with Gasteiger partial charge in [0, 0.05) is 37.8 Å². The maximum Gasteiger partial charge on any atom is 0.416 e. The van der Waals surface area contributed by atoms with Gasteiger partial charge in [-0.2, -0.15) is 13.2 Å². The molecule has 1 fully saturated rings. The second-order valence-electron chi connectivity index (χ2n) is 7.63. The van der Waals surface area contributed by atoms with Gasteiger partial charge < -0.3 is 20.4 Å². The molecule has 2 aliphatic heterocycles.